The van der Waals surface area contributed by atoms with Gasteiger partial charge >= 0.3 is 0 Å². The normalized spacial score (nSPS) is 48.3. The lowest BCUT2D eigenvalue weighted by Crippen LogP contribution is -2.69. The monoisotopic (exact) mass is 381 g/mol. The average molecular weight is 382 g/mol. The summed E-state index contributed by atoms with van der Waals surface area (Å²) in [5.41, 5.74) is -1.70. The van der Waals surface area contributed by atoms with Crippen molar-refractivity contribution in [2.75, 3.05) is 21.2 Å². The van der Waals surface area contributed by atoms with Gasteiger partial charge in [0.2, 0.25) is 0 Å². The summed E-state index contributed by atoms with van der Waals surface area (Å²) in [6.45, 7) is 2.07. The maximum absolute atomic E-state index is 15.5. The summed E-state index contributed by atoms with van der Waals surface area (Å²) in [6, 6.07) is 0. The van der Waals surface area contributed by atoms with Gasteiger partial charge < -0.3 is 20.3 Å². The first kappa shape index (κ1) is 21.0. The lowest BCUT2D eigenvalue weighted by atomic mass is 9.54. The minimum Gasteiger partial charge on any atom is -0.393 e. The molecule has 0 bridgehead atoms. The van der Waals surface area contributed by atoms with Crippen molar-refractivity contribution < 1.29 is 19.3 Å². The van der Waals surface area contributed by atoms with Crippen molar-refractivity contribution in [3.05, 3.63) is 23.8 Å². The number of nitrogens with one attached hydrogen (secondary N) is 1. The molecule has 4 aliphatic carbocycles. The number of ether oxygens (including phenoxy) is 1. The standard InChI is InChI=1S/C20H29FO3.C2H7N/c1-18-8-3-4-16(18)19(23)9-7-13-5-6-15(22)10-14(13)11-20(19,24-2)17(21)12-18;1-3-2/h3,8,11,13,15-17,22-23H,4-7,9-10,12H2,1-2H3;3H,1-2H3/t13?,15?,16?,17?,18?,19-,20?;/m0./s1. The summed E-state index contributed by atoms with van der Waals surface area (Å²) in [6.07, 6.45) is 9.32. The van der Waals surface area contributed by atoms with Gasteiger partial charge in [-0.3, -0.25) is 0 Å². The fourth-order valence-corrected chi connectivity index (χ4v) is 6.14. The van der Waals surface area contributed by atoms with Crippen molar-refractivity contribution in [3.8, 4) is 0 Å². The molecule has 0 aliphatic heterocycles. The van der Waals surface area contributed by atoms with Crippen LogP contribution in [0, 0.1) is 17.3 Å². The highest BCUT2D eigenvalue weighted by Gasteiger charge is 2.68. The van der Waals surface area contributed by atoms with Crippen LogP contribution in [-0.4, -0.2) is 54.9 Å². The smallest absolute Gasteiger partial charge is 0.146 e. The topological polar surface area (TPSA) is 61.7 Å². The van der Waals surface area contributed by atoms with Crippen LogP contribution in [0.2, 0.25) is 0 Å². The molecule has 6 unspecified atom stereocenters. The molecule has 5 heteroatoms. The molecule has 4 aliphatic rings. The Hall–Kier alpha value is -0.750. The Morgan fingerprint density at radius 1 is 1.26 bits per heavy atom. The van der Waals surface area contributed by atoms with Crippen molar-refractivity contribution >= 4 is 0 Å². The maximum atomic E-state index is 15.5. The number of hydrogen-bond donors (Lipinski definition) is 3. The van der Waals surface area contributed by atoms with Crippen LogP contribution in [0.25, 0.3) is 0 Å². The SMILES string of the molecule is CNC.COC12C=C3CC(O)CCC3CC[C@]1(O)C1CC=CC1(C)CC2F. The van der Waals surface area contributed by atoms with Crippen LogP contribution in [0.4, 0.5) is 4.39 Å². The minimum absolute atomic E-state index is 0.0149. The Kier molecular flexibility index (Phi) is 5.89. The molecule has 0 amide bonds. The molecule has 27 heavy (non-hydrogen) atoms. The number of allylic oxidation sites excluding steroid dienone is 2. The fraction of sp³-hybridized carbons (Fsp3) is 0.818. The molecule has 0 radical (unpaired) electrons. The lowest BCUT2D eigenvalue weighted by molar-refractivity contribution is -0.243. The van der Waals surface area contributed by atoms with E-state index >= 15 is 4.39 Å². The Morgan fingerprint density at radius 3 is 2.63 bits per heavy atom. The molecule has 154 valence electrons. The Balaban J connectivity index is 0.000000659. The first-order chi connectivity index (χ1) is 12.8. The molecule has 0 spiro atoms. The van der Waals surface area contributed by atoms with E-state index in [2.05, 4.69) is 24.4 Å². The zero-order valence-electron chi connectivity index (χ0n) is 17.2. The van der Waals surface area contributed by atoms with Gasteiger partial charge in [-0.1, -0.05) is 24.6 Å². The van der Waals surface area contributed by atoms with E-state index in [0.29, 0.717) is 25.2 Å². The Labute approximate surface area is 162 Å². The summed E-state index contributed by atoms with van der Waals surface area (Å²) >= 11 is 0. The summed E-state index contributed by atoms with van der Waals surface area (Å²) in [4.78, 5) is 0. The van der Waals surface area contributed by atoms with Gasteiger partial charge in [-0.2, -0.15) is 0 Å². The third-order valence-corrected chi connectivity index (χ3v) is 7.46. The highest BCUT2D eigenvalue weighted by molar-refractivity contribution is 5.34. The number of methoxy groups -OCH3 is 1. The van der Waals surface area contributed by atoms with Gasteiger partial charge in [0.05, 0.1) is 6.10 Å². The largest absolute Gasteiger partial charge is 0.393 e. The van der Waals surface area contributed by atoms with Crippen LogP contribution < -0.4 is 5.32 Å². The predicted octanol–water partition coefficient (Wildman–Crippen LogP) is 3.14. The molecule has 4 nitrogen and oxygen atoms in total. The van der Waals surface area contributed by atoms with E-state index in [1.165, 1.54) is 7.11 Å². The van der Waals surface area contributed by atoms with Crippen LogP contribution in [0.15, 0.2) is 23.8 Å². The maximum Gasteiger partial charge on any atom is 0.146 e. The molecule has 0 saturated heterocycles. The van der Waals surface area contributed by atoms with Crippen molar-refractivity contribution in [3.63, 3.8) is 0 Å². The van der Waals surface area contributed by atoms with Gasteiger partial charge in [0, 0.05) is 13.0 Å². The summed E-state index contributed by atoms with van der Waals surface area (Å²) < 4.78 is 21.3. The van der Waals surface area contributed by atoms with Crippen molar-refractivity contribution in [2.45, 2.75) is 75.3 Å². The fourth-order valence-electron chi connectivity index (χ4n) is 6.14. The number of halogens is 1. The van der Waals surface area contributed by atoms with Crippen molar-refractivity contribution in [1.29, 1.82) is 0 Å². The first-order valence-electron chi connectivity index (χ1n) is 10.3. The van der Waals surface area contributed by atoms with E-state index in [0.717, 1.165) is 31.3 Å². The van der Waals surface area contributed by atoms with Crippen LogP contribution >= 0.6 is 0 Å². The van der Waals surface area contributed by atoms with Gasteiger partial charge in [0.15, 0.2) is 0 Å². The van der Waals surface area contributed by atoms with E-state index in [4.69, 9.17) is 4.74 Å². The average Bonchev–Trinajstić information content (AvgIpc) is 2.94. The van der Waals surface area contributed by atoms with Crippen LogP contribution in [0.3, 0.4) is 0 Å². The second-order valence-electron chi connectivity index (χ2n) is 9.18. The third kappa shape index (κ3) is 3.21. The zero-order chi connectivity index (χ0) is 19.9. The summed E-state index contributed by atoms with van der Waals surface area (Å²) in [7, 11) is 5.28. The van der Waals surface area contributed by atoms with E-state index in [1.54, 1.807) is 0 Å². The number of rotatable bonds is 1. The highest BCUT2D eigenvalue weighted by atomic mass is 19.1. The molecule has 7 atom stereocenters. The first-order valence-corrected chi connectivity index (χ1v) is 10.3. The minimum atomic E-state index is -1.29. The number of alkyl halides is 1. The van der Waals surface area contributed by atoms with E-state index in [1.807, 2.05) is 20.2 Å². The van der Waals surface area contributed by atoms with Gasteiger partial charge in [-0.25, -0.2) is 4.39 Å². The van der Waals surface area contributed by atoms with Crippen LogP contribution in [0.5, 0.6) is 0 Å². The second-order valence-corrected chi connectivity index (χ2v) is 9.18. The molecule has 0 aromatic rings. The van der Waals surface area contributed by atoms with Gasteiger partial charge in [0.1, 0.15) is 17.4 Å². The number of hydrogen-bond acceptors (Lipinski definition) is 4. The summed E-state index contributed by atoms with van der Waals surface area (Å²) in [5, 5.41) is 24.6. The van der Waals surface area contributed by atoms with E-state index in [-0.39, 0.29) is 17.4 Å². The van der Waals surface area contributed by atoms with Crippen molar-refractivity contribution in [1.82, 2.24) is 5.32 Å². The molecule has 3 N–H and O–H groups in total. The van der Waals surface area contributed by atoms with Gasteiger partial charge in [-0.05, 0) is 76.5 Å². The van der Waals surface area contributed by atoms with Crippen LogP contribution in [-0.2, 0) is 4.74 Å². The molecule has 0 aromatic heterocycles. The van der Waals surface area contributed by atoms with E-state index < -0.39 is 17.4 Å². The molecular weight excluding hydrogens is 345 g/mol. The molecule has 2 saturated carbocycles. The molecule has 4 rings (SSSR count). The highest BCUT2D eigenvalue weighted by Crippen LogP contribution is 2.61. The molecule has 0 aromatic carbocycles. The summed E-state index contributed by atoms with van der Waals surface area (Å²) in [5.74, 6) is 0.321. The van der Waals surface area contributed by atoms with Gasteiger partial charge in [-0.15, -0.1) is 0 Å². The Bertz CT molecular complexity index is 608. The Morgan fingerprint density at radius 2 is 1.96 bits per heavy atom. The quantitative estimate of drug-likeness (QED) is 0.611. The molecule has 2 fully saturated rings. The molecular formula is C22H36FNO3. The van der Waals surface area contributed by atoms with E-state index in [9.17, 15) is 10.2 Å². The van der Waals surface area contributed by atoms with Crippen molar-refractivity contribution in [2.24, 2.45) is 17.3 Å². The predicted molar refractivity (Wildman–Crippen MR) is 105 cm³/mol. The number of fused-ring (bicyclic) bond motifs is 4. The zero-order valence-corrected chi connectivity index (χ0v) is 17.2. The second kappa shape index (κ2) is 7.58. The third-order valence-electron chi connectivity index (χ3n) is 7.46. The number of aliphatic hydroxyl groups is 2. The van der Waals surface area contributed by atoms with Gasteiger partial charge in [0.25, 0.3) is 0 Å². The number of aliphatic hydroxyl groups excluding tert-OH is 1. The lowest BCUT2D eigenvalue weighted by Gasteiger charge is -2.58. The molecule has 0 heterocycles. The van der Waals surface area contributed by atoms with Crippen LogP contribution in [0.1, 0.15) is 51.9 Å².